The molecule has 2 heterocycles. The second kappa shape index (κ2) is 7.43. The van der Waals surface area contributed by atoms with Gasteiger partial charge < -0.3 is 10.2 Å². The summed E-state index contributed by atoms with van der Waals surface area (Å²) in [6, 6.07) is 4.96. The summed E-state index contributed by atoms with van der Waals surface area (Å²) in [6.45, 7) is 1.58. The minimum Gasteiger partial charge on any atom is -0.342 e. The van der Waals surface area contributed by atoms with Crippen LogP contribution in [0.5, 0.6) is 0 Å². The van der Waals surface area contributed by atoms with Gasteiger partial charge in [0.15, 0.2) is 5.13 Å². The number of nitrogens with one attached hydrogen (secondary N) is 1. The van der Waals surface area contributed by atoms with E-state index in [1.54, 1.807) is 11.4 Å². The molecule has 0 radical (unpaired) electrons. The van der Waals surface area contributed by atoms with Crippen LogP contribution in [-0.2, 0) is 17.4 Å². The number of carbonyl (C=O) groups is 1. The Hall–Kier alpha value is -2.09. The molecule has 1 aromatic heterocycles. The topological polar surface area (TPSA) is 45.2 Å². The maximum absolute atomic E-state index is 12.7. The molecular weight excluding hydrogens is 351 g/mol. The Labute approximate surface area is 147 Å². The van der Waals surface area contributed by atoms with Crippen LogP contribution in [0, 0.1) is 0 Å². The van der Waals surface area contributed by atoms with Crippen molar-refractivity contribution in [1.29, 1.82) is 0 Å². The fourth-order valence-corrected chi connectivity index (χ4v) is 3.48. The average Bonchev–Trinajstić information content (AvgIpc) is 3.02. The van der Waals surface area contributed by atoms with Crippen molar-refractivity contribution in [2.75, 3.05) is 18.4 Å². The van der Waals surface area contributed by atoms with E-state index in [0.29, 0.717) is 16.5 Å². The Morgan fingerprint density at radius 1 is 1.24 bits per heavy atom. The van der Waals surface area contributed by atoms with Gasteiger partial charge in [0.05, 0.1) is 17.7 Å². The van der Waals surface area contributed by atoms with Crippen molar-refractivity contribution in [3.63, 3.8) is 0 Å². The molecule has 4 nitrogen and oxygen atoms in total. The number of thiazole rings is 1. The van der Waals surface area contributed by atoms with Gasteiger partial charge in [0.25, 0.3) is 0 Å². The van der Waals surface area contributed by atoms with Crippen LogP contribution in [0.1, 0.15) is 30.5 Å². The maximum atomic E-state index is 12.7. The molecule has 0 spiro atoms. The summed E-state index contributed by atoms with van der Waals surface area (Å²) in [5.74, 6) is 0.0515. The van der Waals surface area contributed by atoms with E-state index in [0.717, 1.165) is 44.5 Å². The summed E-state index contributed by atoms with van der Waals surface area (Å²) in [5.41, 5.74) is 0.239. The molecule has 1 amide bonds. The standard InChI is InChI=1S/C17H18F3N3OS/c18-17(19,20)12-5-4-6-13(9-12)21-16-22-14(11-25-16)10-15(24)23-7-2-1-3-8-23/h4-6,9,11H,1-3,7-8,10H2,(H,21,22). The van der Waals surface area contributed by atoms with E-state index in [1.165, 1.54) is 17.4 Å². The number of benzene rings is 1. The van der Waals surface area contributed by atoms with Crippen LogP contribution in [0.15, 0.2) is 29.6 Å². The van der Waals surface area contributed by atoms with Crippen molar-refractivity contribution in [3.05, 3.63) is 40.9 Å². The van der Waals surface area contributed by atoms with Gasteiger partial charge in [-0.25, -0.2) is 4.98 Å². The van der Waals surface area contributed by atoms with E-state index in [2.05, 4.69) is 10.3 Å². The zero-order valence-corrected chi connectivity index (χ0v) is 14.3. The molecule has 0 bridgehead atoms. The maximum Gasteiger partial charge on any atom is 0.416 e. The highest BCUT2D eigenvalue weighted by atomic mass is 32.1. The van der Waals surface area contributed by atoms with Gasteiger partial charge in [-0.15, -0.1) is 11.3 Å². The van der Waals surface area contributed by atoms with Crippen LogP contribution in [0.3, 0.4) is 0 Å². The molecule has 134 valence electrons. The van der Waals surface area contributed by atoms with Crippen molar-refractivity contribution in [2.24, 2.45) is 0 Å². The van der Waals surface area contributed by atoms with Crippen LogP contribution < -0.4 is 5.32 Å². The Morgan fingerprint density at radius 3 is 2.72 bits per heavy atom. The van der Waals surface area contributed by atoms with E-state index in [1.807, 2.05) is 4.90 Å². The largest absolute Gasteiger partial charge is 0.416 e. The first-order valence-corrected chi connectivity index (χ1v) is 8.96. The van der Waals surface area contributed by atoms with E-state index in [4.69, 9.17) is 0 Å². The number of amides is 1. The summed E-state index contributed by atoms with van der Waals surface area (Å²) in [7, 11) is 0. The van der Waals surface area contributed by atoms with Crippen LogP contribution in [0.2, 0.25) is 0 Å². The predicted molar refractivity (Wildman–Crippen MR) is 91.0 cm³/mol. The molecule has 8 heteroatoms. The smallest absolute Gasteiger partial charge is 0.342 e. The van der Waals surface area contributed by atoms with E-state index in [9.17, 15) is 18.0 Å². The average molecular weight is 369 g/mol. The summed E-state index contributed by atoms with van der Waals surface area (Å²) >= 11 is 1.27. The molecule has 0 atom stereocenters. The Morgan fingerprint density at radius 2 is 2.00 bits per heavy atom. The monoisotopic (exact) mass is 369 g/mol. The first kappa shape index (κ1) is 17.7. The third kappa shape index (κ3) is 4.72. The lowest BCUT2D eigenvalue weighted by Crippen LogP contribution is -2.36. The summed E-state index contributed by atoms with van der Waals surface area (Å²) in [4.78, 5) is 18.4. The minimum absolute atomic E-state index is 0.0515. The van der Waals surface area contributed by atoms with E-state index < -0.39 is 11.7 Å². The summed E-state index contributed by atoms with van der Waals surface area (Å²) < 4.78 is 38.2. The fraction of sp³-hybridized carbons (Fsp3) is 0.412. The van der Waals surface area contributed by atoms with Crippen LogP contribution in [0.4, 0.5) is 24.0 Å². The number of hydrogen-bond donors (Lipinski definition) is 1. The molecule has 1 aliphatic heterocycles. The number of anilines is 2. The number of aromatic nitrogens is 1. The molecule has 1 aliphatic rings. The normalized spacial score (nSPS) is 15.2. The van der Waals surface area contributed by atoms with Crippen LogP contribution in [0.25, 0.3) is 0 Å². The first-order chi connectivity index (χ1) is 11.9. The van der Waals surface area contributed by atoms with Gasteiger partial charge in [-0.05, 0) is 37.5 Å². The van der Waals surface area contributed by atoms with Crippen molar-refractivity contribution >= 4 is 28.1 Å². The third-order valence-electron chi connectivity index (χ3n) is 4.03. The molecule has 25 heavy (non-hydrogen) atoms. The second-order valence-electron chi connectivity index (χ2n) is 5.97. The molecule has 1 fully saturated rings. The number of nitrogens with zero attached hydrogens (tertiary/aromatic N) is 2. The summed E-state index contributed by atoms with van der Waals surface area (Å²) in [5, 5.41) is 5.11. The molecule has 1 saturated heterocycles. The van der Waals surface area contributed by atoms with Crippen molar-refractivity contribution < 1.29 is 18.0 Å². The van der Waals surface area contributed by atoms with Gasteiger partial charge in [-0.3, -0.25) is 4.79 Å². The van der Waals surface area contributed by atoms with Gasteiger partial charge in [-0.2, -0.15) is 13.2 Å². The van der Waals surface area contributed by atoms with Gasteiger partial charge >= 0.3 is 6.18 Å². The van der Waals surface area contributed by atoms with Gasteiger partial charge in [-0.1, -0.05) is 6.07 Å². The SMILES string of the molecule is O=C(Cc1csc(Nc2cccc(C(F)(F)F)c2)n1)N1CCCCC1. The second-order valence-corrected chi connectivity index (χ2v) is 6.82. The van der Waals surface area contributed by atoms with Gasteiger partial charge in [0.1, 0.15) is 0 Å². The van der Waals surface area contributed by atoms with Crippen molar-refractivity contribution in [1.82, 2.24) is 9.88 Å². The Bertz CT molecular complexity index is 739. The molecule has 1 N–H and O–H groups in total. The number of alkyl halides is 3. The van der Waals surface area contributed by atoms with Crippen LogP contribution in [-0.4, -0.2) is 28.9 Å². The van der Waals surface area contributed by atoms with Crippen molar-refractivity contribution in [3.8, 4) is 0 Å². The molecule has 0 saturated carbocycles. The molecule has 3 rings (SSSR count). The number of halogens is 3. The van der Waals surface area contributed by atoms with E-state index >= 15 is 0 Å². The molecular formula is C17H18F3N3OS. The third-order valence-corrected chi connectivity index (χ3v) is 4.84. The molecule has 0 aliphatic carbocycles. The lowest BCUT2D eigenvalue weighted by molar-refractivity contribution is -0.137. The number of piperidine rings is 1. The highest BCUT2D eigenvalue weighted by molar-refractivity contribution is 7.13. The predicted octanol–water partition coefficient (Wildman–Crippen LogP) is 4.46. The molecule has 1 aromatic carbocycles. The number of rotatable bonds is 4. The zero-order valence-electron chi connectivity index (χ0n) is 13.5. The number of likely N-dealkylation sites (tertiary alicyclic amines) is 1. The highest BCUT2D eigenvalue weighted by Crippen LogP contribution is 2.31. The molecule has 0 unspecified atom stereocenters. The van der Waals surface area contributed by atoms with Crippen molar-refractivity contribution in [2.45, 2.75) is 31.9 Å². The van der Waals surface area contributed by atoms with Gasteiger partial charge in [0.2, 0.25) is 5.91 Å². The lowest BCUT2D eigenvalue weighted by atomic mass is 10.1. The van der Waals surface area contributed by atoms with Crippen LogP contribution >= 0.6 is 11.3 Å². The minimum atomic E-state index is -4.38. The fourth-order valence-electron chi connectivity index (χ4n) is 2.75. The Balaban J connectivity index is 1.63. The van der Waals surface area contributed by atoms with Gasteiger partial charge in [0, 0.05) is 24.2 Å². The number of hydrogen-bond acceptors (Lipinski definition) is 4. The highest BCUT2D eigenvalue weighted by Gasteiger charge is 2.30. The summed E-state index contributed by atoms with van der Waals surface area (Å²) in [6.07, 6.45) is -0.935. The zero-order chi connectivity index (χ0) is 17.9. The number of carbonyl (C=O) groups excluding carboxylic acids is 1. The first-order valence-electron chi connectivity index (χ1n) is 8.08. The quantitative estimate of drug-likeness (QED) is 0.865. The lowest BCUT2D eigenvalue weighted by Gasteiger charge is -2.26. The molecule has 2 aromatic rings. The Kier molecular flexibility index (Phi) is 5.27. The van der Waals surface area contributed by atoms with E-state index in [-0.39, 0.29) is 12.3 Å².